The normalized spacial score (nSPS) is 35.9. The van der Waals surface area contributed by atoms with Gasteiger partial charge in [-0.2, -0.15) is 0 Å². The van der Waals surface area contributed by atoms with Gasteiger partial charge in [0.1, 0.15) is 0 Å². The SMILES string of the molecule is O=C(NO[C@@H]1CCCCO1)[C@@H]1C[C@@H]1C1CCCCC1. The predicted octanol–water partition coefficient (Wildman–Crippen LogP) is 2.78. The van der Waals surface area contributed by atoms with Gasteiger partial charge in [0.05, 0.1) is 0 Å². The van der Waals surface area contributed by atoms with Crippen molar-refractivity contribution >= 4 is 5.91 Å². The van der Waals surface area contributed by atoms with Crippen molar-refractivity contribution in [3.05, 3.63) is 0 Å². The second-order valence-corrected chi connectivity index (χ2v) is 6.28. The van der Waals surface area contributed by atoms with Crippen molar-refractivity contribution in [2.24, 2.45) is 17.8 Å². The lowest BCUT2D eigenvalue weighted by Crippen LogP contribution is -2.34. The Hall–Kier alpha value is -0.610. The molecule has 4 nitrogen and oxygen atoms in total. The lowest BCUT2D eigenvalue weighted by atomic mass is 9.85. The molecule has 1 saturated heterocycles. The van der Waals surface area contributed by atoms with E-state index in [1.807, 2.05) is 0 Å². The summed E-state index contributed by atoms with van der Waals surface area (Å²) in [6.45, 7) is 0.745. The van der Waals surface area contributed by atoms with Crippen molar-refractivity contribution < 1.29 is 14.4 Å². The number of carbonyl (C=O) groups excluding carboxylic acids is 1. The topological polar surface area (TPSA) is 47.6 Å². The Morgan fingerprint density at radius 3 is 2.58 bits per heavy atom. The van der Waals surface area contributed by atoms with E-state index < -0.39 is 0 Å². The van der Waals surface area contributed by atoms with Crippen LogP contribution in [0.3, 0.4) is 0 Å². The summed E-state index contributed by atoms with van der Waals surface area (Å²) in [6.07, 6.45) is 10.6. The van der Waals surface area contributed by atoms with Gasteiger partial charge in [-0.25, -0.2) is 10.3 Å². The molecule has 3 rings (SSSR count). The minimum Gasteiger partial charge on any atom is -0.350 e. The van der Waals surface area contributed by atoms with Crippen LogP contribution in [-0.4, -0.2) is 18.8 Å². The molecule has 1 N–H and O–H groups in total. The lowest BCUT2D eigenvalue weighted by molar-refractivity contribution is -0.201. The first-order valence-electron chi connectivity index (χ1n) is 7.91. The van der Waals surface area contributed by atoms with Gasteiger partial charge in [-0.15, -0.1) is 0 Å². The van der Waals surface area contributed by atoms with Crippen molar-refractivity contribution in [2.75, 3.05) is 6.61 Å². The number of hydroxylamine groups is 1. The number of hydrogen-bond donors (Lipinski definition) is 1. The average molecular weight is 267 g/mol. The van der Waals surface area contributed by atoms with Crippen molar-refractivity contribution in [3.8, 4) is 0 Å². The third-order valence-corrected chi connectivity index (χ3v) is 4.86. The number of ether oxygens (including phenoxy) is 1. The molecule has 0 bridgehead atoms. The van der Waals surface area contributed by atoms with Gasteiger partial charge >= 0.3 is 0 Å². The highest BCUT2D eigenvalue weighted by Crippen LogP contribution is 2.49. The summed E-state index contributed by atoms with van der Waals surface area (Å²) in [6, 6.07) is 0. The van der Waals surface area contributed by atoms with Gasteiger partial charge in [0.25, 0.3) is 0 Å². The van der Waals surface area contributed by atoms with Crippen LogP contribution in [0, 0.1) is 17.8 Å². The Kier molecular flexibility index (Phi) is 4.38. The maximum atomic E-state index is 12.0. The molecular formula is C15H25NO3. The fraction of sp³-hybridized carbons (Fsp3) is 0.933. The fourth-order valence-electron chi connectivity index (χ4n) is 3.60. The maximum absolute atomic E-state index is 12.0. The van der Waals surface area contributed by atoms with Gasteiger partial charge in [-0.05, 0) is 31.1 Å². The van der Waals surface area contributed by atoms with Crippen LogP contribution >= 0.6 is 0 Å². The molecule has 0 unspecified atom stereocenters. The second kappa shape index (κ2) is 6.23. The monoisotopic (exact) mass is 267 g/mol. The van der Waals surface area contributed by atoms with E-state index in [1.54, 1.807) is 0 Å². The highest BCUT2D eigenvalue weighted by molar-refractivity contribution is 5.80. The number of nitrogens with one attached hydrogen (secondary N) is 1. The number of amides is 1. The minimum absolute atomic E-state index is 0.0738. The van der Waals surface area contributed by atoms with E-state index in [1.165, 1.54) is 32.1 Å². The van der Waals surface area contributed by atoms with Gasteiger partial charge in [0.15, 0.2) is 6.29 Å². The first kappa shape index (κ1) is 13.4. The highest BCUT2D eigenvalue weighted by Gasteiger charge is 2.47. The molecule has 3 aliphatic rings. The van der Waals surface area contributed by atoms with Crippen LogP contribution in [-0.2, 0) is 14.4 Å². The molecule has 0 aromatic heterocycles. The van der Waals surface area contributed by atoms with Gasteiger partial charge in [-0.1, -0.05) is 32.1 Å². The van der Waals surface area contributed by atoms with Gasteiger partial charge < -0.3 is 4.74 Å². The molecule has 108 valence electrons. The molecule has 3 fully saturated rings. The Bertz CT molecular complexity index is 309. The van der Waals surface area contributed by atoms with Crippen LogP contribution in [0.15, 0.2) is 0 Å². The molecule has 19 heavy (non-hydrogen) atoms. The van der Waals surface area contributed by atoms with Crippen LogP contribution in [0.2, 0.25) is 0 Å². The highest BCUT2D eigenvalue weighted by atomic mass is 16.8. The lowest BCUT2D eigenvalue weighted by Gasteiger charge is -2.23. The van der Waals surface area contributed by atoms with Crippen LogP contribution in [0.1, 0.15) is 57.8 Å². The molecule has 3 atom stereocenters. The number of hydrogen-bond acceptors (Lipinski definition) is 3. The van der Waals surface area contributed by atoms with E-state index in [0.717, 1.165) is 38.2 Å². The first-order valence-corrected chi connectivity index (χ1v) is 7.91. The molecule has 0 radical (unpaired) electrons. The van der Waals surface area contributed by atoms with Crippen molar-refractivity contribution in [3.63, 3.8) is 0 Å². The quantitative estimate of drug-likeness (QED) is 0.797. The van der Waals surface area contributed by atoms with Gasteiger partial charge in [-0.3, -0.25) is 4.79 Å². The summed E-state index contributed by atoms with van der Waals surface area (Å²) in [5, 5.41) is 0. The van der Waals surface area contributed by atoms with E-state index in [-0.39, 0.29) is 18.1 Å². The molecule has 1 aliphatic heterocycles. The van der Waals surface area contributed by atoms with Gasteiger partial charge in [0, 0.05) is 18.9 Å². The van der Waals surface area contributed by atoms with Crippen molar-refractivity contribution in [1.29, 1.82) is 0 Å². The molecule has 0 aromatic carbocycles. The van der Waals surface area contributed by atoms with Crippen molar-refractivity contribution in [2.45, 2.75) is 64.1 Å². The summed E-state index contributed by atoms with van der Waals surface area (Å²) >= 11 is 0. The van der Waals surface area contributed by atoms with Crippen LogP contribution < -0.4 is 5.48 Å². The standard InChI is InChI=1S/C15H25NO3/c17-15(16-19-14-8-4-5-9-18-14)13-10-12(13)11-6-2-1-3-7-11/h11-14H,1-10H2,(H,16,17)/t12-,13-,14-/m1/s1. The zero-order valence-corrected chi connectivity index (χ0v) is 11.6. The largest absolute Gasteiger partial charge is 0.350 e. The minimum atomic E-state index is -0.232. The average Bonchev–Trinajstić information content (AvgIpc) is 3.27. The van der Waals surface area contributed by atoms with Crippen LogP contribution in [0.4, 0.5) is 0 Å². The van der Waals surface area contributed by atoms with E-state index in [2.05, 4.69) is 5.48 Å². The maximum Gasteiger partial charge on any atom is 0.247 e. The molecule has 2 saturated carbocycles. The predicted molar refractivity (Wildman–Crippen MR) is 71.0 cm³/mol. The Morgan fingerprint density at radius 2 is 1.84 bits per heavy atom. The second-order valence-electron chi connectivity index (χ2n) is 6.28. The first-order chi connectivity index (χ1) is 9.34. The van der Waals surface area contributed by atoms with Crippen LogP contribution in [0.25, 0.3) is 0 Å². The summed E-state index contributed by atoms with van der Waals surface area (Å²) < 4.78 is 5.43. The third-order valence-electron chi connectivity index (χ3n) is 4.86. The summed E-state index contributed by atoms with van der Waals surface area (Å²) in [4.78, 5) is 17.4. The smallest absolute Gasteiger partial charge is 0.247 e. The van der Waals surface area contributed by atoms with Crippen LogP contribution in [0.5, 0.6) is 0 Å². The zero-order chi connectivity index (χ0) is 13.1. The zero-order valence-electron chi connectivity index (χ0n) is 11.6. The Morgan fingerprint density at radius 1 is 1.05 bits per heavy atom. The molecule has 1 heterocycles. The van der Waals surface area contributed by atoms with E-state index in [9.17, 15) is 4.79 Å². The summed E-state index contributed by atoms with van der Waals surface area (Å²) in [7, 11) is 0. The third kappa shape index (κ3) is 3.48. The number of carbonyl (C=O) groups is 1. The fourth-order valence-corrected chi connectivity index (χ4v) is 3.60. The van der Waals surface area contributed by atoms with E-state index >= 15 is 0 Å². The van der Waals surface area contributed by atoms with Gasteiger partial charge in [0.2, 0.25) is 5.91 Å². The van der Waals surface area contributed by atoms with Crippen molar-refractivity contribution in [1.82, 2.24) is 5.48 Å². The molecule has 0 spiro atoms. The molecule has 4 heteroatoms. The van der Waals surface area contributed by atoms with E-state index in [4.69, 9.17) is 9.57 Å². The molecule has 0 aromatic rings. The number of rotatable bonds is 4. The Labute approximate surface area is 115 Å². The van der Waals surface area contributed by atoms with E-state index in [0.29, 0.717) is 5.92 Å². The Balaban J connectivity index is 1.37. The molecule has 1 amide bonds. The summed E-state index contributed by atoms with van der Waals surface area (Å²) in [5.74, 6) is 1.68. The summed E-state index contributed by atoms with van der Waals surface area (Å²) in [5.41, 5.74) is 2.62. The molecule has 2 aliphatic carbocycles. The molecular weight excluding hydrogens is 242 g/mol.